The summed E-state index contributed by atoms with van der Waals surface area (Å²) in [6.45, 7) is 0. The van der Waals surface area contributed by atoms with Crippen LogP contribution in [-0.2, 0) is 16.0 Å². The summed E-state index contributed by atoms with van der Waals surface area (Å²) in [6.07, 6.45) is 0.376. The zero-order valence-electron chi connectivity index (χ0n) is 15.3. The normalized spacial score (nSPS) is 10.1. The molecular formula is C20H20F3O5P. The van der Waals surface area contributed by atoms with Gasteiger partial charge in [-0.15, -0.1) is 9.24 Å². The van der Waals surface area contributed by atoms with Gasteiger partial charge in [0.2, 0.25) is 0 Å². The molecule has 1 unspecified atom stereocenters. The molecule has 156 valence electrons. The Balaban J connectivity index is 0.000000291. The van der Waals surface area contributed by atoms with Gasteiger partial charge in [0.05, 0.1) is 12.0 Å². The van der Waals surface area contributed by atoms with Gasteiger partial charge in [-0.3, -0.25) is 14.4 Å². The molecule has 0 heterocycles. The molecule has 1 atom stereocenters. The van der Waals surface area contributed by atoms with Crippen molar-refractivity contribution in [2.24, 2.45) is 0 Å². The van der Waals surface area contributed by atoms with E-state index in [-0.39, 0.29) is 30.6 Å². The second-order valence-corrected chi connectivity index (χ2v) is 6.71. The number of aliphatic carboxylic acids is 2. The third kappa shape index (κ3) is 9.34. The summed E-state index contributed by atoms with van der Waals surface area (Å²) in [7, 11) is 2.41. The number of carboxylic acid groups (broad SMARTS) is 2. The Kier molecular flexibility index (Phi) is 10.0. The molecule has 29 heavy (non-hydrogen) atoms. The first kappa shape index (κ1) is 24.3. The Bertz CT molecular complexity index is 886. The zero-order valence-corrected chi connectivity index (χ0v) is 16.5. The monoisotopic (exact) mass is 428 g/mol. The molecule has 0 fully saturated rings. The average molecular weight is 428 g/mol. The van der Waals surface area contributed by atoms with Crippen molar-refractivity contribution in [2.75, 3.05) is 0 Å². The molecule has 9 heteroatoms. The summed E-state index contributed by atoms with van der Waals surface area (Å²) in [5, 5.41) is 17.5. The van der Waals surface area contributed by atoms with Crippen molar-refractivity contribution < 1.29 is 37.8 Å². The summed E-state index contributed by atoms with van der Waals surface area (Å²) in [5.41, 5.74) is 0.301. The number of benzene rings is 2. The Morgan fingerprint density at radius 2 is 1.48 bits per heavy atom. The summed E-state index contributed by atoms with van der Waals surface area (Å²) < 4.78 is 38.7. The second kappa shape index (κ2) is 12.0. The van der Waals surface area contributed by atoms with Crippen LogP contribution >= 0.6 is 9.24 Å². The summed E-state index contributed by atoms with van der Waals surface area (Å²) in [4.78, 5) is 31.7. The smallest absolute Gasteiger partial charge is 0.303 e. The van der Waals surface area contributed by atoms with Gasteiger partial charge in [0.15, 0.2) is 5.78 Å². The number of carbonyl (C=O) groups is 3. The number of ketones is 1. The van der Waals surface area contributed by atoms with Crippen LogP contribution in [0.25, 0.3) is 0 Å². The maximum atomic E-state index is 13.2. The highest BCUT2D eigenvalue weighted by molar-refractivity contribution is 7.27. The van der Waals surface area contributed by atoms with E-state index in [1.807, 2.05) is 0 Å². The van der Waals surface area contributed by atoms with Crippen LogP contribution in [0.4, 0.5) is 13.2 Å². The molecule has 0 aromatic heterocycles. The van der Waals surface area contributed by atoms with Crippen LogP contribution in [0.3, 0.4) is 0 Å². The topological polar surface area (TPSA) is 91.7 Å². The predicted molar refractivity (Wildman–Crippen MR) is 104 cm³/mol. The fourth-order valence-corrected chi connectivity index (χ4v) is 2.51. The summed E-state index contributed by atoms with van der Waals surface area (Å²) in [5.74, 6) is -4.62. The molecule has 0 spiro atoms. The van der Waals surface area contributed by atoms with Crippen LogP contribution in [0.2, 0.25) is 0 Å². The Labute approximate surface area is 167 Å². The lowest BCUT2D eigenvalue weighted by Gasteiger charge is -2.02. The number of hydrogen-bond acceptors (Lipinski definition) is 3. The largest absolute Gasteiger partial charge is 0.481 e. The number of hydrogen-bond donors (Lipinski definition) is 2. The zero-order chi connectivity index (χ0) is 22.0. The van der Waals surface area contributed by atoms with Gasteiger partial charge in [0, 0.05) is 18.9 Å². The molecule has 0 aliphatic rings. The molecule has 0 saturated heterocycles. The number of carbonyl (C=O) groups excluding carboxylic acids is 1. The minimum Gasteiger partial charge on any atom is -0.481 e. The minimum atomic E-state index is -1.13. The highest BCUT2D eigenvalue weighted by Crippen LogP contribution is 2.13. The van der Waals surface area contributed by atoms with E-state index in [9.17, 15) is 27.6 Å². The lowest BCUT2D eigenvalue weighted by Crippen LogP contribution is -2.06. The third-order valence-corrected chi connectivity index (χ3v) is 4.07. The van der Waals surface area contributed by atoms with Crippen molar-refractivity contribution in [3.63, 3.8) is 0 Å². The van der Waals surface area contributed by atoms with Gasteiger partial charge in [0.25, 0.3) is 0 Å². The maximum Gasteiger partial charge on any atom is 0.303 e. The number of carboxylic acids is 2. The fourth-order valence-electron chi connectivity index (χ4n) is 2.27. The molecule has 0 bridgehead atoms. The minimum absolute atomic E-state index is 0.0854. The quantitative estimate of drug-likeness (QED) is 0.494. The van der Waals surface area contributed by atoms with Gasteiger partial charge in [-0.25, -0.2) is 13.2 Å². The number of aryl methyl sites for hydroxylation is 1. The molecular weight excluding hydrogens is 408 g/mol. The molecule has 0 saturated carbocycles. The summed E-state index contributed by atoms with van der Waals surface area (Å²) in [6, 6.07) is 7.48. The van der Waals surface area contributed by atoms with Crippen LogP contribution in [0.5, 0.6) is 0 Å². The van der Waals surface area contributed by atoms with Gasteiger partial charge in [0.1, 0.15) is 17.5 Å². The molecule has 0 aliphatic carbocycles. The molecule has 0 amide bonds. The lowest BCUT2D eigenvalue weighted by molar-refractivity contribution is -0.138. The molecule has 2 aromatic carbocycles. The Morgan fingerprint density at radius 1 is 0.828 bits per heavy atom. The highest BCUT2D eigenvalue weighted by Gasteiger charge is 2.13. The highest BCUT2D eigenvalue weighted by atomic mass is 31.0. The van der Waals surface area contributed by atoms with Crippen LogP contribution in [0.1, 0.15) is 41.6 Å². The number of Topliss-reactive ketones (excluding diaryl/α,β-unsaturated/α-hetero) is 1. The van der Waals surface area contributed by atoms with Crippen molar-refractivity contribution in [3.8, 4) is 0 Å². The third-order valence-electron chi connectivity index (χ3n) is 3.71. The van der Waals surface area contributed by atoms with E-state index in [1.54, 1.807) is 12.1 Å². The predicted octanol–water partition coefficient (Wildman–Crippen LogP) is 3.75. The van der Waals surface area contributed by atoms with Gasteiger partial charge >= 0.3 is 11.9 Å². The van der Waals surface area contributed by atoms with E-state index in [0.717, 1.165) is 17.4 Å². The Hall–Kier alpha value is -2.73. The van der Waals surface area contributed by atoms with Crippen LogP contribution in [-0.4, -0.2) is 27.9 Å². The Morgan fingerprint density at radius 3 is 2.03 bits per heavy atom. The van der Waals surface area contributed by atoms with Crippen molar-refractivity contribution in [2.45, 2.75) is 32.1 Å². The van der Waals surface area contributed by atoms with Gasteiger partial charge in [-0.05, 0) is 41.9 Å². The van der Waals surface area contributed by atoms with Crippen LogP contribution in [0, 0.1) is 17.5 Å². The standard InChI is InChI=1S/C10H8F2O3.C10H12FO2P/c11-6-1-2-7(8(12)5-6)9(13)3-4-10(14)15;11-9-6-8(14)5-4-7(9)2-1-3-10(12)13/h1-2,5H,3-4H2,(H,14,15);4-6H,1-3,14H2,(H,12,13). The molecule has 2 rings (SSSR count). The van der Waals surface area contributed by atoms with E-state index < -0.39 is 29.4 Å². The van der Waals surface area contributed by atoms with Crippen molar-refractivity contribution in [1.29, 1.82) is 0 Å². The van der Waals surface area contributed by atoms with Crippen LogP contribution in [0.15, 0.2) is 36.4 Å². The van der Waals surface area contributed by atoms with Crippen molar-refractivity contribution in [1.82, 2.24) is 0 Å². The van der Waals surface area contributed by atoms with E-state index in [0.29, 0.717) is 24.5 Å². The first-order chi connectivity index (χ1) is 13.6. The SMILES string of the molecule is O=C(O)CCC(=O)c1ccc(F)cc1F.O=C(O)CCCc1ccc(P)cc1F. The lowest BCUT2D eigenvalue weighted by atomic mass is 10.1. The van der Waals surface area contributed by atoms with Crippen molar-refractivity contribution in [3.05, 3.63) is 65.0 Å². The second-order valence-electron chi connectivity index (χ2n) is 6.04. The van der Waals surface area contributed by atoms with E-state index in [2.05, 4.69) is 9.24 Å². The van der Waals surface area contributed by atoms with Crippen molar-refractivity contribution >= 4 is 32.3 Å². The number of rotatable bonds is 8. The molecule has 2 N–H and O–H groups in total. The molecule has 0 aliphatic heterocycles. The number of halogens is 3. The summed E-state index contributed by atoms with van der Waals surface area (Å²) >= 11 is 0. The molecule has 5 nitrogen and oxygen atoms in total. The molecule has 2 aromatic rings. The van der Waals surface area contributed by atoms with E-state index >= 15 is 0 Å². The first-order valence-corrected chi connectivity index (χ1v) is 9.13. The van der Waals surface area contributed by atoms with Crippen LogP contribution < -0.4 is 5.30 Å². The van der Waals surface area contributed by atoms with E-state index in [4.69, 9.17) is 10.2 Å². The fraction of sp³-hybridized carbons (Fsp3) is 0.250. The first-order valence-electron chi connectivity index (χ1n) is 8.56. The van der Waals surface area contributed by atoms with Gasteiger partial charge < -0.3 is 10.2 Å². The van der Waals surface area contributed by atoms with E-state index in [1.165, 1.54) is 6.07 Å². The maximum absolute atomic E-state index is 13.2. The average Bonchev–Trinajstić information content (AvgIpc) is 2.62. The molecule has 0 radical (unpaired) electrons. The van der Waals surface area contributed by atoms with Gasteiger partial charge in [-0.1, -0.05) is 12.1 Å². The van der Waals surface area contributed by atoms with Gasteiger partial charge in [-0.2, -0.15) is 0 Å².